The van der Waals surface area contributed by atoms with E-state index in [0.717, 1.165) is 64.7 Å². The Labute approximate surface area is 295 Å². The summed E-state index contributed by atoms with van der Waals surface area (Å²) in [6.07, 6.45) is 5.89. The maximum Gasteiger partial charge on any atom is 0.531 e. The van der Waals surface area contributed by atoms with E-state index in [1.807, 2.05) is 6.07 Å². The van der Waals surface area contributed by atoms with Crippen LogP contribution in [-0.4, -0.2) is 54.4 Å². The molecule has 0 heterocycles. The summed E-state index contributed by atoms with van der Waals surface area (Å²) in [6.45, 7) is 18.0. The molecule has 11 heteroatoms. The Kier molecular flexibility index (Phi) is 17.8. The van der Waals surface area contributed by atoms with Crippen LogP contribution in [0.5, 0.6) is 5.75 Å². The molecule has 10 nitrogen and oxygen atoms in total. The number of phosphoric ester groups is 1. The van der Waals surface area contributed by atoms with Gasteiger partial charge in [0, 0.05) is 25.3 Å². The average Bonchev–Trinajstić information content (AvgIpc) is 2.96. The molecule has 2 aromatic carbocycles. The van der Waals surface area contributed by atoms with E-state index in [0.29, 0.717) is 17.7 Å². The van der Waals surface area contributed by atoms with E-state index in [1.54, 1.807) is 80.5 Å². The Morgan fingerprint density at radius 1 is 0.796 bits per heavy atom. The van der Waals surface area contributed by atoms with Crippen molar-refractivity contribution in [1.82, 2.24) is 5.32 Å². The van der Waals surface area contributed by atoms with E-state index < -0.39 is 43.5 Å². The van der Waals surface area contributed by atoms with Crippen LogP contribution in [-0.2, 0) is 40.9 Å². The number of benzene rings is 2. The Morgan fingerprint density at radius 2 is 1.41 bits per heavy atom. The van der Waals surface area contributed by atoms with Crippen molar-refractivity contribution in [2.45, 2.75) is 137 Å². The highest BCUT2D eigenvalue weighted by molar-refractivity contribution is 7.49. The predicted molar refractivity (Wildman–Crippen MR) is 194 cm³/mol. The zero-order valence-electron chi connectivity index (χ0n) is 31.3. The maximum absolute atomic E-state index is 13.7. The Balaban J connectivity index is 1.92. The topological polar surface area (TPSA) is 122 Å². The Morgan fingerprint density at radius 3 is 2.00 bits per heavy atom. The van der Waals surface area contributed by atoms with E-state index in [1.165, 1.54) is 5.56 Å². The summed E-state index contributed by atoms with van der Waals surface area (Å²) >= 11 is 0. The molecular formula is C38H62NO9P. The first-order valence-electron chi connectivity index (χ1n) is 17.5. The number of nitrogens with one attached hydrogen (secondary N) is 1. The summed E-state index contributed by atoms with van der Waals surface area (Å²) in [5.74, 6) is 0.142. The van der Waals surface area contributed by atoms with Gasteiger partial charge in [0.05, 0.1) is 17.8 Å². The zero-order valence-corrected chi connectivity index (χ0v) is 32.2. The van der Waals surface area contributed by atoms with Crippen molar-refractivity contribution in [3.05, 3.63) is 65.2 Å². The van der Waals surface area contributed by atoms with Crippen molar-refractivity contribution in [2.75, 3.05) is 26.3 Å². The van der Waals surface area contributed by atoms with Gasteiger partial charge < -0.3 is 29.2 Å². The predicted octanol–water partition coefficient (Wildman–Crippen LogP) is 9.48. The molecule has 0 spiro atoms. The van der Waals surface area contributed by atoms with Gasteiger partial charge in [0.1, 0.15) is 17.5 Å². The molecule has 278 valence electrons. The van der Waals surface area contributed by atoms with Crippen LogP contribution >= 0.6 is 7.82 Å². The molecule has 2 rings (SSSR count). The van der Waals surface area contributed by atoms with Crippen LogP contribution in [0.3, 0.4) is 0 Å². The van der Waals surface area contributed by atoms with Crippen LogP contribution in [0.2, 0.25) is 0 Å². The summed E-state index contributed by atoms with van der Waals surface area (Å²) in [5, 5.41) is 13.6. The largest absolute Gasteiger partial charge is 0.531 e. The van der Waals surface area contributed by atoms with E-state index in [4.69, 9.17) is 27.8 Å². The molecular weight excluding hydrogens is 645 g/mol. The second-order valence-electron chi connectivity index (χ2n) is 15.2. The first-order chi connectivity index (χ1) is 22.9. The fraction of sp³-hybridized carbons (Fsp3) is 0.658. The monoisotopic (exact) mass is 707 g/mol. The molecule has 0 saturated carbocycles. The lowest BCUT2D eigenvalue weighted by Gasteiger charge is -2.31. The second-order valence-corrected chi connectivity index (χ2v) is 16.7. The summed E-state index contributed by atoms with van der Waals surface area (Å²) in [4.78, 5) is 12.7. The fourth-order valence-corrected chi connectivity index (χ4v) is 6.67. The number of aryl methyl sites for hydroxylation is 1. The molecule has 0 aliphatic heterocycles. The molecule has 2 aromatic rings. The number of rotatable bonds is 21. The Hall–Kier alpha value is -2.46. The average molecular weight is 708 g/mol. The first-order valence-corrected chi connectivity index (χ1v) is 19.0. The van der Waals surface area contributed by atoms with Crippen LogP contribution in [0.15, 0.2) is 48.5 Å². The number of hydrogen-bond acceptors (Lipinski definition) is 10. The van der Waals surface area contributed by atoms with Crippen LogP contribution in [0, 0.1) is 0 Å². The molecule has 2 N–H and O–H groups in total. The molecule has 0 fully saturated rings. The van der Waals surface area contributed by atoms with Gasteiger partial charge >= 0.3 is 14.0 Å². The summed E-state index contributed by atoms with van der Waals surface area (Å²) < 4.78 is 48.0. The minimum absolute atomic E-state index is 0.142. The van der Waals surface area contributed by atoms with Crippen molar-refractivity contribution in [3.63, 3.8) is 0 Å². The van der Waals surface area contributed by atoms with Gasteiger partial charge in [0.2, 0.25) is 0 Å². The maximum atomic E-state index is 13.7. The van der Waals surface area contributed by atoms with E-state index in [2.05, 4.69) is 29.6 Å². The molecule has 0 saturated heterocycles. The van der Waals surface area contributed by atoms with Crippen molar-refractivity contribution in [2.24, 2.45) is 0 Å². The number of carbonyl (C=O) groups excluding carboxylic acids is 1. The fourth-order valence-electron chi connectivity index (χ4n) is 4.80. The van der Waals surface area contributed by atoms with Crippen molar-refractivity contribution < 1.29 is 42.2 Å². The van der Waals surface area contributed by atoms with Crippen molar-refractivity contribution >= 4 is 14.0 Å². The molecule has 0 amide bonds. The number of ether oxygens (including phenoxy) is 3. The third kappa shape index (κ3) is 19.5. The molecule has 0 bridgehead atoms. The standard InChI is InChI=1S/C38H62NO9P/c1-36(2,3)45-35(41)44-34(28-39-24-16-10-11-17-25-43-26-18-15-21-30-19-13-12-14-20-30)31-22-23-33(32(27-31)29-40)46-49(42,47-37(4,5)6)48-38(7,8)9/h12-14,19-20,22-23,27,34,39-40H,10-11,15-18,21,24-26,28-29H2,1-9H3. The highest BCUT2D eigenvalue weighted by Gasteiger charge is 2.39. The van der Waals surface area contributed by atoms with Crippen LogP contribution < -0.4 is 9.84 Å². The quantitative estimate of drug-likeness (QED) is 0.0737. The third-order valence-electron chi connectivity index (χ3n) is 6.81. The van der Waals surface area contributed by atoms with Gasteiger partial charge in [-0.2, -0.15) is 0 Å². The smallest absolute Gasteiger partial charge is 0.429 e. The van der Waals surface area contributed by atoms with E-state index >= 15 is 0 Å². The number of hydrogen-bond donors (Lipinski definition) is 2. The number of aliphatic hydroxyl groups is 1. The third-order valence-corrected chi connectivity index (χ3v) is 8.77. The molecule has 1 atom stereocenters. The van der Waals surface area contributed by atoms with Crippen LogP contribution in [0.25, 0.3) is 0 Å². The van der Waals surface area contributed by atoms with Crippen LogP contribution in [0.1, 0.15) is 124 Å². The van der Waals surface area contributed by atoms with Gasteiger partial charge in [0.15, 0.2) is 0 Å². The van der Waals surface area contributed by atoms with Crippen LogP contribution in [0.4, 0.5) is 4.79 Å². The SMILES string of the molecule is CC(C)(C)OC(=O)OC(CNCCCCCCOCCCCc1ccccc1)c1ccc(OP(=O)(OC(C)(C)C)OC(C)(C)C)c(CO)c1. The lowest BCUT2D eigenvalue weighted by molar-refractivity contribution is -0.0272. The molecule has 0 radical (unpaired) electrons. The number of carbonyl (C=O) groups is 1. The lowest BCUT2D eigenvalue weighted by Crippen LogP contribution is -2.30. The summed E-state index contributed by atoms with van der Waals surface area (Å²) in [5.41, 5.74) is -0.0548. The van der Waals surface area contributed by atoms with Gasteiger partial charge in [-0.05, 0) is 124 Å². The van der Waals surface area contributed by atoms with Gasteiger partial charge in [-0.3, -0.25) is 9.05 Å². The lowest BCUT2D eigenvalue weighted by atomic mass is 10.0. The van der Waals surface area contributed by atoms with Crippen molar-refractivity contribution in [3.8, 4) is 5.75 Å². The highest BCUT2D eigenvalue weighted by atomic mass is 31.2. The molecule has 0 aliphatic rings. The molecule has 0 aromatic heterocycles. The molecule has 1 unspecified atom stereocenters. The van der Waals surface area contributed by atoms with E-state index in [9.17, 15) is 14.5 Å². The second kappa shape index (κ2) is 20.4. The summed E-state index contributed by atoms with van der Waals surface area (Å²) in [6, 6.07) is 15.5. The minimum Gasteiger partial charge on any atom is -0.429 e. The Bertz CT molecular complexity index is 1260. The highest BCUT2D eigenvalue weighted by Crippen LogP contribution is 2.55. The van der Waals surface area contributed by atoms with Gasteiger partial charge in [-0.1, -0.05) is 49.2 Å². The van der Waals surface area contributed by atoms with Gasteiger partial charge in [0.25, 0.3) is 0 Å². The number of phosphoric acid groups is 1. The van der Waals surface area contributed by atoms with Gasteiger partial charge in [-0.15, -0.1) is 0 Å². The minimum atomic E-state index is -4.10. The zero-order chi connectivity index (χ0) is 36.6. The van der Waals surface area contributed by atoms with Crippen molar-refractivity contribution in [1.29, 1.82) is 0 Å². The summed E-state index contributed by atoms with van der Waals surface area (Å²) in [7, 11) is -4.10. The first kappa shape index (κ1) is 42.7. The molecule has 49 heavy (non-hydrogen) atoms. The number of unbranched alkanes of at least 4 members (excludes halogenated alkanes) is 4. The number of aliphatic hydroxyl groups excluding tert-OH is 1. The molecule has 0 aliphatic carbocycles. The van der Waals surface area contributed by atoms with E-state index in [-0.39, 0.29) is 5.75 Å². The normalized spacial score (nSPS) is 13.3. The van der Waals surface area contributed by atoms with Gasteiger partial charge in [-0.25, -0.2) is 9.36 Å².